The molecule has 1 unspecified atom stereocenters. The first-order chi connectivity index (χ1) is 21.2. The van der Waals surface area contributed by atoms with E-state index in [0.717, 1.165) is 47.9 Å². The maximum atomic E-state index is 12.3. The highest BCUT2D eigenvalue weighted by Crippen LogP contribution is 2.45. The number of fused-ring (bicyclic) bond motifs is 2. The highest BCUT2D eigenvalue weighted by molar-refractivity contribution is 5.92. The van der Waals surface area contributed by atoms with Crippen molar-refractivity contribution in [2.24, 2.45) is 18.9 Å². The van der Waals surface area contributed by atoms with Crippen LogP contribution in [0.25, 0.3) is 22.2 Å². The van der Waals surface area contributed by atoms with Gasteiger partial charge in [-0.1, -0.05) is 13.0 Å². The number of nitrogens with zero attached hydrogens (tertiary/aromatic N) is 2. The van der Waals surface area contributed by atoms with Gasteiger partial charge in [0, 0.05) is 54.9 Å². The van der Waals surface area contributed by atoms with Crippen molar-refractivity contribution in [3.63, 3.8) is 0 Å². The number of nitrogens with one attached hydrogen (secondary N) is 2. The summed E-state index contributed by atoms with van der Waals surface area (Å²) in [5, 5.41) is 38.4. The molecule has 0 amide bonds. The molecule has 1 aliphatic heterocycles. The minimum absolute atomic E-state index is 0.390. The molecule has 3 aromatic rings. The fourth-order valence-electron chi connectivity index (χ4n) is 5.53. The van der Waals surface area contributed by atoms with E-state index in [1.807, 2.05) is 32.2 Å². The molecule has 0 spiro atoms. The lowest BCUT2D eigenvalue weighted by atomic mass is 9.99. The molecule has 2 aliphatic rings. The van der Waals surface area contributed by atoms with Crippen LogP contribution in [0.3, 0.4) is 0 Å². The second-order valence-corrected chi connectivity index (χ2v) is 10.6. The SMILES string of the molecule is CCc1c(-c2ccc3c(c2)cc(CN2C[C@@H]4C(NC)[C@@H]4C2)n3C)[nH]c(=O)c(C(=O)O)c1O.O=C(O)C(F)(F)F.O=C(O)C(F)(F)F. The number of aliphatic carboxylic acids is 2. The van der Waals surface area contributed by atoms with Crippen LogP contribution in [0, 0.1) is 11.8 Å². The number of aromatic nitrogens is 2. The third kappa shape index (κ3) is 7.79. The van der Waals surface area contributed by atoms with E-state index in [-0.39, 0.29) is 0 Å². The van der Waals surface area contributed by atoms with Crippen molar-refractivity contribution in [1.82, 2.24) is 19.8 Å². The van der Waals surface area contributed by atoms with Crippen LogP contribution >= 0.6 is 0 Å². The van der Waals surface area contributed by atoms with Crippen LogP contribution in [0.4, 0.5) is 26.3 Å². The van der Waals surface area contributed by atoms with Crippen molar-refractivity contribution in [3.8, 4) is 17.0 Å². The lowest BCUT2D eigenvalue weighted by Crippen LogP contribution is -2.29. The molecule has 2 aromatic heterocycles. The Labute approximate surface area is 255 Å². The molecule has 252 valence electrons. The Bertz CT molecular complexity index is 1660. The number of hydrogen-bond donors (Lipinski definition) is 6. The van der Waals surface area contributed by atoms with E-state index in [4.69, 9.17) is 19.8 Å². The molecule has 5 rings (SSSR count). The predicted octanol–water partition coefficient (Wildman–Crippen LogP) is 3.42. The second-order valence-electron chi connectivity index (χ2n) is 10.6. The van der Waals surface area contributed by atoms with Gasteiger partial charge in [-0.3, -0.25) is 9.69 Å². The monoisotopic (exact) mass is 664 g/mol. The molecule has 3 heterocycles. The molecule has 1 saturated heterocycles. The molecule has 0 radical (unpaired) electrons. The molecule has 6 N–H and O–H groups in total. The number of alkyl halides is 6. The van der Waals surface area contributed by atoms with E-state index in [1.54, 1.807) is 0 Å². The zero-order valence-corrected chi connectivity index (χ0v) is 24.5. The number of pyridine rings is 1. The van der Waals surface area contributed by atoms with Gasteiger partial charge in [0.05, 0.1) is 5.69 Å². The summed E-state index contributed by atoms with van der Waals surface area (Å²) < 4.78 is 65.7. The number of aryl methyl sites for hydroxylation is 1. The van der Waals surface area contributed by atoms with Crippen molar-refractivity contribution < 1.29 is 61.2 Å². The average molecular weight is 665 g/mol. The van der Waals surface area contributed by atoms with Crippen LogP contribution in [-0.4, -0.2) is 91.3 Å². The smallest absolute Gasteiger partial charge is 0.490 e. The number of likely N-dealkylation sites (tertiary alicyclic amines) is 1. The maximum absolute atomic E-state index is 12.3. The minimum Gasteiger partial charge on any atom is -0.506 e. The number of halogens is 6. The van der Waals surface area contributed by atoms with Gasteiger partial charge in [-0.2, -0.15) is 26.3 Å². The molecule has 12 nitrogen and oxygen atoms in total. The van der Waals surface area contributed by atoms with Gasteiger partial charge in [-0.15, -0.1) is 0 Å². The zero-order valence-electron chi connectivity index (χ0n) is 24.5. The molecule has 1 aliphatic carbocycles. The van der Waals surface area contributed by atoms with Gasteiger partial charge >= 0.3 is 30.3 Å². The molecule has 18 heteroatoms. The van der Waals surface area contributed by atoms with Gasteiger partial charge < -0.3 is 35.3 Å². The largest absolute Gasteiger partial charge is 0.506 e. The zero-order chi connectivity index (χ0) is 34.9. The van der Waals surface area contributed by atoms with Crippen LogP contribution in [-0.2, 0) is 29.6 Å². The Morgan fingerprint density at radius 2 is 1.50 bits per heavy atom. The fraction of sp³-hybridized carbons (Fsp3) is 0.429. The number of aromatic carboxylic acids is 1. The van der Waals surface area contributed by atoms with Gasteiger partial charge in [0.1, 0.15) is 5.75 Å². The number of piperidine rings is 1. The summed E-state index contributed by atoms with van der Waals surface area (Å²) in [5.74, 6) is -5.87. The summed E-state index contributed by atoms with van der Waals surface area (Å²) in [6.45, 7) is 4.97. The van der Waals surface area contributed by atoms with E-state index in [0.29, 0.717) is 23.7 Å². The van der Waals surface area contributed by atoms with E-state index in [1.165, 1.54) is 5.69 Å². The topological polar surface area (TPSA) is 185 Å². The van der Waals surface area contributed by atoms with Crippen molar-refractivity contribution in [2.75, 3.05) is 20.1 Å². The van der Waals surface area contributed by atoms with Gasteiger partial charge in [-0.25, -0.2) is 14.4 Å². The van der Waals surface area contributed by atoms with E-state index in [9.17, 15) is 46.1 Å². The average Bonchev–Trinajstić information content (AvgIpc) is 3.24. The van der Waals surface area contributed by atoms with Crippen LogP contribution in [0.2, 0.25) is 0 Å². The van der Waals surface area contributed by atoms with Crippen LogP contribution in [0.5, 0.6) is 5.75 Å². The number of carboxylic acid groups (broad SMARTS) is 3. The highest BCUT2D eigenvalue weighted by Gasteiger charge is 2.54. The Morgan fingerprint density at radius 3 is 1.93 bits per heavy atom. The van der Waals surface area contributed by atoms with Gasteiger partial charge in [-0.05, 0) is 49.1 Å². The minimum atomic E-state index is -5.08. The predicted molar refractivity (Wildman–Crippen MR) is 149 cm³/mol. The fourth-order valence-corrected chi connectivity index (χ4v) is 5.53. The van der Waals surface area contributed by atoms with E-state index in [2.05, 4.69) is 32.9 Å². The molecule has 0 bridgehead atoms. The quantitative estimate of drug-likeness (QED) is 0.214. The standard InChI is InChI=1S/C24H28N4O4.2C2HF3O2/c1-4-15-20(26-23(30)19(22(15)29)24(31)32)12-5-6-18-13(7-12)8-14(27(18)3)9-28-10-16-17(11-28)21(16)25-2;2*3-2(4,5)1(6)7/h5-8,16-17,21,25H,4,9-11H2,1-3H3,(H,31,32)(H2,26,29,30);2*(H,6,7)/t16-,17+,21?;;. The Hall–Kier alpha value is -4.58. The summed E-state index contributed by atoms with van der Waals surface area (Å²) in [4.78, 5) is 46.7. The van der Waals surface area contributed by atoms with Crippen LogP contribution in [0.15, 0.2) is 29.1 Å². The third-order valence-corrected chi connectivity index (χ3v) is 7.76. The van der Waals surface area contributed by atoms with Crippen LogP contribution in [0.1, 0.15) is 28.5 Å². The molecule has 1 saturated carbocycles. The first-order valence-electron chi connectivity index (χ1n) is 13.5. The Kier molecular flexibility index (Phi) is 10.5. The number of aromatic hydroxyl groups is 1. The van der Waals surface area contributed by atoms with Crippen molar-refractivity contribution in [1.29, 1.82) is 0 Å². The second kappa shape index (κ2) is 13.4. The van der Waals surface area contributed by atoms with Crippen molar-refractivity contribution in [3.05, 3.63) is 51.4 Å². The van der Waals surface area contributed by atoms with Crippen molar-refractivity contribution in [2.45, 2.75) is 38.3 Å². The lowest BCUT2D eigenvalue weighted by molar-refractivity contribution is -0.193. The Morgan fingerprint density at radius 1 is 0.978 bits per heavy atom. The number of H-pyrrole nitrogens is 1. The molecule has 46 heavy (non-hydrogen) atoms. The summed E-state index contributed by atoms with van der Waals surface area (Å²) in [7, 11) is 4.11. The molecule has 2 fully saturated rings. The van der Waals surface area contributed by atoms with Crippen molar-refractivity contribution >= 4 is 28.8 Å². The van der Waals surface area contributed by atoms with Gasteiger partial charge in [0.2, 0.25) is 0 Å². The summed E-state index contributed by atoms with van der Waals surface area (Å²) >= 11 is 0. The van der Waals surface area contributed by atoms with E-state index < -0.39 is 47.1 Å². The van der Waals surface area contributed by atoms with Gasteiger partial charge in [0.15, 0.2) is 5.56 Å². The number of aromatic amines is 1. The molecular weight excluding hydrogens is 634 g/mol. The summed E-state index contributed by atoms with van der Waals surface area (Å²) in [5.41, 5.74) is 2.54. The first kappa shape index (κ1) is 35.9. The van der Waals surface area contributed by atoms with Crippen LogP contribution < -0.4 is 10.9 Å². The lowest BCUT2D eigenvalue weighted by Gasteiger charge is -2.19. The normalized spacial score (nSPS) is 19.0. The molecule has 3 atom stereocenters. The Balaban J connectivity index is 0.000000345. The number of carboxylic acids is 3. The van der Waals surface area contributed by atoms with E-state index >= 15 is 0 Å². The van der Waals surface area contributed by atoms with Gasteiger partial charge in [0.25, 0.3) is 5.56 Å². The summed E-state index contributed by atoms with van der Waals surface area (Å²) in [6, 6.07) is 8.75. The third-order valence-electron chi connectivity index (χ3n) is 7.76. The number of hydrogen-bond acceptors (Lipinski definition) is 7. The summed E-state index contributed by atoms with van der Waals surface area (Å²) in [6.07, 6.45) is -9.78. The number of benzene rings is 1. The molecule has 1 aromatic carbocycles. The highest BCUT2D eigenvalue weighted by atomic mass is 19.4. The number of rotatable bonds is 6. The molecular formula is C28H30F6N4O8. The first-order valence-corrected chi connectivity index (χ1v) is 13.5. The number of carbonyl (C=O) groups is 3. The maximum Gasteiger partial charge on any atom is 0.490 e.